The van der Waals surface area contributed by atoms with E-state index in [-0.39, 0.29) is 29.7 Å². The summed E-state index contributed by atoms with van der Waals surface area (Å²) in [6, 6.07) is 0. The van der Waals surface area contributed by atoms with Gasteiger partial charge in [0.2, 0.25) is 0 Å². The van der Waals surface area contributed by atoms with Gasteiger partial charge in [0.15, 0.2) is 0 Å². The van der Waals surface area contributed by atoms with E-state index in [1.54, 1.807) is 0 Å². The van der Waals surface area contributed by atoms with Crippen LogP contribution in [0.4, 0.5) is 0 Å². The molecule has 0 nitrogen and oxygen atoms in total. The first-order valence-corrected chi connectivity index (χ1v) is 3.33. The van der Waals surface area contributed by atoms with Crippen molar-refractivity contribution in [1.82, 2.24) is 0 Å². The molecule has 0 aliphatic rings. The zero-order chi connectivity index (χ0) is 6.12. The molecule has 0 amide bonds. The molecule has 0 saturated heterocycles. The molecule has 0 bridgehead atoms. The molecule has 0 atom stereocenters. The number of hydrogen-bond acceptors (Lipinski definition) is 0. The topological polar surface area (TPSA) is 0 Å². The Labute approximate surface area is 77.4 Å². The van der Waals surface area contributed by atoms with Crippen LogP contribution in [0.2, 0.25) is 0 Å². The largest absolute Gasteiger partial charge is 0.0776 e. The van der Waals surface area contributed by atoms with Crippen LogP contribution in [0.3, 0.4) is 0 Å². The molecule has 0 aromatic rings. The Morgan fingerprint density at radius 1 is 0.545 bits per heavy atom. The molecule has 0 radical (unpaired) electrons. The molecule has 0 saturated carbocycles. The van der Waals surface area contributed by atoms with Crippen molar-refractivity contribution >= 4 is 0 Å². The highest BCUT2D eigenvalue weighted by atomic mass is 13.6. The Bertz CT molecular complexity index is 7.51. The van der Waals surface area contributed by atoms with Crippen molar-refractivity contribution in [2.75, 3.05) is 0 Å². The molecule has 78 valence electrons. The molecule has 11 heavy (non-hydrogen) atoms. The van der Waals surface area contributed by atoms with Gasteiger partial charge < -0.3 is 0 Å². The monoisotopic (exact) mass is 166 g/mol. The first-order chi connectivity index (χ1) is 3.33. The SMILES string of the molecule is C.C.C.C.CCC.CCCC. The van der Waals surface area contributed by atoms with Crippen molar-refractivity contribution in [3.8, 4) is 0 Å². The van der Waals surface area contributed by atoms with Gasteiger partial charge in [-0.1, -0.05) is 76.7 Å². The summed E-state index contributed by atoms with van der Waals surface area (Å²) < 4.78 is 0. The van der Waals surface area contributed by atoms with Gasteiger partial charge in [0.25, 0.3) is 0 Å². The molecule has 0 heteroatoms. The molecule has 0 aromatic carbocycles. The average Bonchev–Trinajstić information content (AvgIpc) is 1.69. The van der Waals surface area contributed by atoms with Crippen LogP contribution in [0.15, 0.2) is 0 Å². The second-order valence-electron chi connectivity index (χ2n) is 1.71. The maximum Gasteiger partial charge on any atom is -0.0564 e. The van der Waals surface area contributed by atoms with E-state index in [1.165, 1.54) is 19.3 Å². The lowest BCUT2D eigenvalue weighted by Crippen LogP contribution is -1.47. The highest BCUT2D eigenvalue weighted by molar-refractivity contribution is 4.12. The molecular formula is C11H34. The van der Waals surface area contributed by atoms with Crippen LogP contribution in [0, 0.1) is 0 Å². The van der Waals surface area contributed by atoms with Crippen molar-refractivity contribution in [2.24, 2.45) is 0 Å². The number of unbranched alkanes of at least 4 members (excludes halogenated alkanes) is 1. The minimum Gasteiger partial charge on any atom is -0.0776 e. The van der Waals surface area contributed by atoms with Crippen LogP contribution >= 0.6 is 0 Å². The molecule has 0 spiro atoms. The van der Waals surface area contributed by atoms with Gasteiger partial charge in [0.05, 0.1) is 0 Å². The molecule has 0 aliphatic heterocycles. The predicted octanol–water partition coefficient (Wildman–Crippen LogP) is 5.77. The van der Waals surface area contributed by atoms with Gasteiger partial charge in [0, 0.05) is 0 Å². The molecule has 0 heterocycles. The van der Waals surface area contributed by atoms with Gasteiger partial charge in [-0.3, -0.25) is 0 Å². The third-order valence-corrected chi connectivity index (χ3v) is 0.500. The van der Waals surface area contributed by atoms with E-state index in [0.29, 0.717) is 0 Å². The maximum atomic E-state index is 2.18. The lowest BCUT2D eigenvalue weighted by molar-refractivity contribution is 0.886. The van der Waals surface area contributed by atoms with E-state index in [1.807, 2.05) is 0 Å². The third kappa shape index (κ3) is 640. The average molecular weight is 166 g/mol. The fourth-order valence-electron chi connectivity index (χ4n) is 0. The first kappa shape index (κ1) is 44.0. The Balaban J connectivity index is -0.00000000848. The minimum atomic E-state index is 0. The van der Waals surface area contributed by atoms with Crippen LogP contribution < -0.4 is 0 Å². The molecule has 0 rings (SSSR count). The minimum absolute atomic E-state index is 0. The molecule has 0 fully saturated rings. The summed E-state index contributed by atoms with van der Waals surface area (Å²) in [7, 11) is 0. The van der Waals surface area contributed by atoms with Gasteiger partial charge >= 0.3 is 0 Å². The van der Waals surface area contributed by atoms with Gasteiger partial charge in [-0.15, -0.1) is 0 Å². The van der Waals surface area contributed by atoms with E-state index < -0.39 is 0 Å². The lowest BCUT2D eigenvalue weighted by atomic mass is 10.4. The number of rotatable bonds is 1. The van der Waals surface area contributed by atoms with E-state index in [4.69, 9.17) is 0 Å². The van der Waals surface area contributed by atoms with Crippen LogP contribution in [-0.2, 0) is 0 Å². The second kappa shape index (κ2) is 90.0. The second-order valence-corrected chi connectivity index (χ2v) is 1.71. The summed E-state index contributed by atoms with van der Waals surface area (Å²) in [5.74, 6) is 0. The maximum absolute atomic E-state index is 2.18. The summed E-state index contributed by atoms with van der Waals surface area (Å²) in [6.45, 7) is 8.61. The van der Waals surface area contributed by atoms with Crippen LogP contribution in [0.5, 0.6) is 0 Å². The van der Waals surface area contributed by atoms with Crippen molar-refractivity contribution < 1.29 is 0 Å². The van der Waals surface area contributed by atoms with E-state index in [0.717, 1.165) is 0 Å². The van der Waals surface area contributed by atoms with Crippen LogP contribution in [0.25, 0.3) is 0 Å². The fraction of sp³-hybridized carbons (Fsp3) is 1.00. The van der Waals surface area contributed by atoms with Crippen LogP contribution in [0.1, 0.15) is 76.7 Å². The summed E-state index contributed by atoms with van der Waals surface area (Å²) in [5, 5.41) is 0. The Hall–Kier alpha value is 0. The zero-order valence-electron chi connectivity index (χ0n) is 6.12. The Kier molecular flexibility index (Phi) is 360. The quantitative estimate of drug-likeness (QED) is 0.464. The normalized spacial score (nSPS) is 4.36. The van der Waals surface area contributed by atoms with E-state index in [2.05, 4.69) is 27.7 Å². The standard InChI is InChI=1S/C4H10.C3H8.4CH4/c1-3-4-2;1-3-2;;;;/h3-4H2,1-2H3;3H2,1-2H3;4*1H4. The van der Waals surface area contributed by atoms with E-state index >= 15 is 0 Å². The molecular weight excluding hydrogens is 132 g/mol. The summed E-state index contributed by atoms with van der Waals surface area (Å²) >= 11 is 0. The fourth-order valence-corrected chi connectivity index (χ4v) is 0. The number of hydrogen-bond donors (Lipinski definition) is 0. The summed E-state index contributed by atoms with van der Waals surface area (Å²) in [4.78, 5) is 0. The highest BCUT2D eigenvalue weighted by Gasteiger charge is 1.56. The van der Waals surface area contributed by atoms with Gasteiger partial charge in [-0.25, -0.2) is 0 Å². The predicted molar refractivity (Wildman–Crippen MR) is 63.5 cm³/mol. The molecule has 0 N–H and O–H groups in total. The van der Waals surface area contributed by atoms with E-state index in [9.17, 15) is 0 Å². The van der Waals surface area contributed by atoms with Crippen LogP contribution in [-0.4, -0.2) is 0 Å². The summed E-state index contributed by atoms with van der Waals surface area (Å²) in [6.07, 6.45) is 3.89. The van der Waals surface area contributed by atoms with Crippen molar-refractivity contribution in [2.45, 2.75) is 76.7 Å². The van der Waals surface area contributed by atoms with Gasteiger partial charge in [0.1, 0.15) is 0 Å². The molecule has 0 aliphatic carbocycles. The zero-order valence-corrected chi connectivity index (χ0v) is 6.12. The van der Waals surface area contributed by atoms with Gasteiger partial charge in [-0.2, -0.15) is 0 Å². The van der Waals surface area contributed by atoms with Gasteiger partial charge in [-0.05, 0) is 0 Å². The summed E-state index contributed by atoms with van der Waals surface area (Å²) in [5.41, 5.74) is 0. The molecule has 0 unspecified atom stereocenters. The smallest absolute Gasteiger partial charge is 0.0564 e. The molecule has 0 aromatic heterocycles. The highest BCUT2D eigenvalue weighted by Crippen LogP contribution is 1.76. The van der Waals surface area contributed by atoms with Crippen molar-refractivity contribution in [3.05, 3.63) is 0 Å². The van der Waals surface area contributed by atoms with Crippen molar-refractivity contribution in [1.29, 1.82) is 0 Å². The third-order valence-electron chi connectivity index (χ3n) is 0.500. The first-order valence-electron chi connectivity index (χ1n) is 3.33. The Morgan fingerprint density at radius 3 is 0.636 bits per heavy atom. The Morgan fingerprint density at radius 2 is 0.636 bits per heavy atom. The van der Waals surface area contributed by atoms with Crippen molar-refractivity contribution in [3.63, 3.8) is 0 Å². The lowest BCUT2D eigenvalue weighted by Gasteiger charge is -1.68.